The molecule has 35 heavy (non-hydrogen) atoms. The Balaban J connectivity index is 1.43. The maximum absolute atomic E-state index is 12.6. The van der Waals surface area contributed by atoms with E-state index in [4.69, 9.17) is 23.7 Å². The second kappa shape index (κ2) is 11.0. The zero-order valence-corrected chi connectivity index (χ0v) is 20.5. The van der Waals surface area contributed by atoms with Crippen molar-refractivity contribution in [3.8, 4) is 11.5 Å². The third-order valence-corrected chi connectivity index (χ3v) is 6.89. The number of carbonyl (C=O) groups is 2. The van der Waals surface area contributed by atoms with Crippen LogP contribution in [0.3, 0.4) is 0 Å². The van der Waals surface area contributed by atoms with Crippen LogP contribution in [-0.2, 0) is 25.4 Å². The van der Waals surface area contributed by atoms with Gasteiger partial charge in [0.2, 0.25) is 0 Å². The van der Waals surface area contributed by atoms with E-state index in [2.05, 4.69) is 0 Å². The Morgan fingerprint density at radius 2 is 1.94 bits per heavy atom. The minimum absolute atomic E-state index is 0.0565. The van der Waals surface area contributed by atoms with E-state index in [-0.39, 0.29) is 24.3 Å². The Morgan fingerprint density at radius 1 is 1.11 bits per heavy atom. The number of aliphatic hydroxyl groups is 1. The van der Waals surface area contributed by atoms with Crippen molar-refractivity contribution < 1.29 is 38.4 Å². The van der Waals surface area contributed by atoms with E-state index in [9.17, 15) is 14.7 Å². The number of hydrogen-bond acceptors (Lipinski definition) is 8. The van der Waals surface area contributed by atoms with E-state index < -0.39 is 12.2 Å². The molecule has 190 valence electrons. The predicted molar refractivity (Wildman–Crippen MR) is 126 cm³/mol. The first kappa shape index (κ1) is 24.9. The van der Waals surface area contributed by atoms with Crippen LogP contribution in [0.15, 0.2) is 41.4 Å². The summed E-state index contributed by atoms with van der Waals surface area (Å²) in [4.78, 5) is 26.4. The number of allylic oxidation sites excluding steroid dienone is 3. The Bertz CT molecular complexity index is 1020. The molecule has 2 saturated heterocycles. The van der Waals surface area contributed by atoms with E-state index in [1.165, 1.54) is 17.6 Å². The van der Waals surface area contributed by atoms with Gasteiger partial charge in [-0.2, -0.15) is 0 Å². The number of likely N-dealkylation sites (tertiary alicyclic amines) is 1. The number of cyclic esters (lactones) is 1. The van der Waals surface area contributed by atoms with Gasteiger partial charge in [-0.15, -0.1) is 0 Å². The number of carbonyl (C=O) groups excluding carboxylic acids is 2. The minimum Gasteiger partial charge on any atom is -0.497 e. The van der Waals surface area contributed by atoms with Crippen LogP contribution >= 0.6 is 0 Å². The molecule has 1 amide bonds. The van der Waals surface area contributed by atoms with Gasteiger partial charge in [0, 0.05) is 25.4 Å². The first-order valence-electron chi connectivity index (χ1n) is 11.9. The largest absolute Gasteiger partial charge is 0.497 e. The van der Waals surface area contributed by atoms with Gasteiger partial charge in [-0.1, -0.05) is 11.6 Å². The van der Waals surface area contributed by atoms with Gasteiger partial charge in [-0.3, -0.25) is 4.79 Å². The number of amides is 1. The van der Waals surface area contributed by atoms with Crippen molar-refractivity contribution in [3.63, 3.8) is 0 Å². The average Bonchev–Trinajstić information content (AvgIpc) is 3.45. The summed E-state index contributed by atoms with van der Waals surface area (Å²) in [5.41, 5.74) is 2.10. The summed E-state index contributed by atoms with van der Waals surface area (Å²) in [6, 6.07) is 5.31. The Kier molecular flexibility index (Phi) is 7.85. The fraction of sp³-hybridized carbons (Fsp3) is 0.538. The van der Waals surface area contributed by atoms with E-state index in [1.807, 2.05) is 12.1 Å². The highest BCUT2D eigenvalue weighted by atomic mass is 16.6. The molecular formula is C26H33NO8. The lowest BCUT2D eigenvalue weighted by atomic mass is 9.83. The maximum Gasteiger partial charge on any atom is 0.415 e. The Morgan fingerprint density at radius 3 is 2.63 bits per heavy atom. The fourth-order valence-corrected chi connectivity index (χ4v) is 4.91. The second-order valence-electron chi connectivity index (χ2n) is 9.14. The molecule has 4 rings (SSSR count). The van der Waals surface area contributed by atoms with Crippen LogP contribution < -0.4 is 9.47 Å². The number of nitrogens with zero attached hydrogens (tertiary/aromatic N) is 1. The van der Waals surface area contributed by atoms with Crippen LogP contribution in [0, 0.1) is 11.8 Å². The van der Waals surface area contributed by atoms with Crippen LogP contribution in [-0.4, -0.2) is 69.2 Å². The lowest BCUT2D eigenvalue weighted by Crippen LogP contribution is -2.32. The number of esters is 1. The molecule has 2 heterocycles. The van der Waals surface area contributed by atoms with Crippen molar-refractivity contribution in [1.29, 1.82) is 0 Å². The molecule has 0 saturated carbocycles. The Labute approximate surface area is 205 Å². The van der Waals surface area contributed by atoms with E-state index in [0.717, 1.165) is 36.3 Å². The summed E-state index contributed by atoms with van der Waals surface area (Å²) in [5, 5.41) is 9.65. The molecule has 3 aliphatic rings. The molecule has 1 N–H and O–H groups in total. The summed E-state index contributed by atoms with van der Waals surface area (Å²) in [7, 11) is 4.78. The predicted octanol–water partition coefficient (Wildman–Crippen LogP) is 3.21. The van der Waals surface area contributed by atoms with E-state index in [1.54, 1.807) is 26.4 Å². The summed E-state index contributed by atoms with van der Waals surface area (Å²) < 4.78 is 27.2. The van der Waals surface area contributed by atoms with Crippen molar-refractivity contribution in [1.82, 2.24) is 4.90 Å². The van der Waals surface area contributed by atoms with E-state index >= 15 is 0 Å². The van der Waals surface area contributed by atoms with Crippen LogP contribution in [0.4, 0.5) is 4.79 Å². The first-order valence-corrected chi connectivity index (χ1v) is 11.9. The summed E-state index contributed by atoms with van der Waals surface area (Å²) in [5.74, 6) is 1.85. The van der Waals surface area contributed by atoms with Gasteiger partial charge in [0.05, 0.1) is 40.0 Å². The highest BCUT2D eigenvalue weighted by molar-refractivity contribution is 5.75. The number of rotatable bonds is 8. The van der Waals surface area contributed by atoms with Crippen LogP contribution in [0.2, 0.25) is 0 Å². The van der Waals surface area contributed by atoms with Gasteiger partial charge >= 0.3 is 12.1 Å². The van der Waals surface area contributed by atoms with Gasteiger partial charge in [-0.05, 0) is 49.5 Å². The Hall–Kier alpha value is -3.20. The SMILES string of the molecule is COC1=C(OC)CCC(CC2COC(=O)C2Cc2ccc(OC(=O)N3CCC(O)C3)c(OC)c2)=C1. The quantitative estimate of drug-likeness (QED) is 0.558. The van der Waals surface area contributed by atoms with Crippen molar-refractivity contribution in [3.05, 3.63) is 46.9 Å². The zero-order chi connectivity index (χ0) is 24.9. The molecular weight excluding hydrogens is 454 g/mol. The summed E-state index contributed by atoms with van der Waals surface area (Å²) >= 11 is 0. The number of hydrogen-bond donors (Lipinski definition) is 1. The lowest BCUT2D eigenvalue weighted by molar-refractivity contribution is -0.141. The molecule has 9 heteroatoms. The molecule has 3 unspecified atom stereocenters. The number of benzene rings is 1. The van der Waals surface area contributed by atoms with Gasteiger partial charge < -0.3 is 33.7 Å². The molecule has 1 aliphatic carbocycles. The van der Waals surface area contributed by atoms with Crippen LogP contribution in [0.1, 0.15) is 31.2 Å². The number of ether oxygens (including phenoxy) is 5. The van der Waals surface area contributed by atoms with Crippen molar-refractivity contribution in [2.24, 2.45) is 11.8 Å². The standard InChI is InChI=1S/C26H33NO8/c1-31-21-6-4-16(12-23(21)32-2)10-18-15-34-25(29)20(18)11-17-5-7-22(24(13-17)33-3)35-26(30)27-9-8-19(28)14-27/h5,7,12-13,18-20,28H,4,6,8-11,14-15H2,1-3H3. The van der Waals surface area contributed by atoms with Gasteiger partial charge in [0.15, 0.2) is 17.3 Å². The smallest absolute Gasteiger partial charge is 0.415 e. The first-order chi connectivity index (χ1) is 16.9. The molecule has 1 aromatic carbocycles. The third kappa shape index (κ3) is 5.73. The molecule has 0 aromatic heterocycles. The highest BCUT2D eigenvalue weighted by Gasteiger charge is 2.37. The van der Waals surface area contributed by atoms with Crippen LogP contribution in [0.5, 0.6) is 11.5 Å². The number of β-amino-alcohol motifs (C(OH)–C–C–N with tert-alkyl or cyclic N) is 1. The highest BCUT2D eigenvalue weighted by Crippen LogP contribution is 2.37. The molecule has 0 bridgehead atoms. The molecule has 9 nitrogen and oxygen atoms in total. The second-order valence-corrected chi connectivity index (χ2v) is 9.14. The minimum atomic E-state index is -0.520. The molecule has 2 aliphatic heterocycles. The van der Waals surface area contributed by atoms with Gasteiger partial charge in [-0.25, -0.2) is 4.79 Å². The molecule has 0 radical (unpaired) electrons. The normalized spacial score (nSPS) is 24.2. The van der Waals surface area contributed by atoms with Crippen molar-refractivity contribution in [2.45, 2.75) is 38.2 Å². The number of aliphatic hydroxyl groups excluding tert-OH is 1. The third-order valence-electron chi connectivity index (χ3n) is 6.89. The van der Waals surface area contributed by atoms with Gasteiger partial charge in [0.1, 0.15) is 5.76 Å². The van der Waals surface area contributed by atoms with Gasteiger partial charge in [0.25, 0.3) is 0 Å². The summed E-state index contributed by atoms with van der Waals surface area (Å²) in [6.07, 6.45) is 4.37. The van der Waals surface area contributed by atoms with E-state index in [0.29, 0.717) is 37.5 Å². The molecule has 0 spiro atoms. The molecule has 3 atom stereocenters. The van der Waals surface area contributed by atoms with Crippen LogP contribution in [0.25, 0.3) is 0 Å². The summed E-state index contributed by atoms with van der Waals surface area (Å²) in [6.45, 7) is 1.10. The van der Waals surface area contributed by atoms with Crippen molar-refractivity contribution in [2.75, 3.05) is 41.0 Å². The molecule has 2 fully saturated rings. The number of methoxy groups -OCH3 is 3. The maximum atomic E-state index is 12.6. The van der Waals surface area contributed by atoms with Crippen molar-refractivity contribution >= 4 is 12.1 Å². The average molecular weight is 488 g/mol. The molecule has 1 aromatic rings. The fourth-order valence-electron chi connectivity index (χ4n) is 4.91. The topological polar surface area (TPSA) is 104 Å². The zero-order valence-electron chi connectivity index (χ0n) is 20.5. The lowest BCUT2D eigenvalue weighted by Gasteiger charge is -2.22. The monoisotopic (exact) mass is 487 g/mol.